The van der Waals surface area contributed by atoms with Gasteiger partial charge < -0.3 is 0 Å². The van der Waals surface area contributed by atoms with Crippen molar-refractivity contribution >= 4 is 23.1 Å². The minimum Gasteiger partial charge on any atom is -0.289 e. The molecule has 0 radical (unpaired) electrons. The molecule has 0 N–H and O–H groups in total. The maximum atomic E-state index is 15.6. The fourth-order valence-corrected chi connectivity index (χ4v) is 8.10. The zero-order valence-corrected chi connectivity index (χ0v) is 31.3. The smallest absolute Gasteiger partial charge is 0.244 e. The average Bonchev–Trinajstić information content (AvgIpc) is 3.87. The first-order valence-electron chi connectivity index (χ1n) is 18.9. The Balaban J connectivity index is 1.55. The van der Waals surface area contributed by atoms with E-state index in [4.69, 9.17) is 0 Å². The number of carbonyl (C=O) groups excluding carboxylic acids is 4. The Hall–Kier alpha value is -7.31. The number of nitrogens with zero attached hydrogens (tertiary/aromatic N) is 2. The highest BCUT2D eigenvalue weighted by atomic mass is 16.1. The van der Waals surface area contributed by atoms with E-state index in [1.54, 1.807) is 97.1 Å². The van der Waals surface area contributed by atoms with Gasteiger partial charge in [-0.15, -0.1) is 0 Å². The quantitative estimate of drug-likeness (QED) is 0.0872. The molecule has 6 nitrogen and oxygen atoms in total. The summed E-state index contributed by atoms with van der Waals surface area (Å²) in [4.78, 5) is 61.8. The third-order valence-electron chi connectivity index (χ3n) is 10.6. The highest BCUT2D eigenvalue weighted by molar-refractivity contribution is 6.32. The molecule has 1 aliphatic carbocycles. The number of carbonyl (C=O) groups is 4. The lowest BCUT2D eigenvalue weighted by Crippen LogP contribution is -2.32. The Morgan fingerprint density at radius 1 is 0.456 bits per heavy atom. The van der Waals surface area contributed by atoms with E-state index in [0.717, 1.165) is 11.1 Å². The van der Waals surface area contributed by atoms with Crippen molar-refractivity contribution in [3.8, 4) is 0 Å². The largest absolute Gasteiger partial charge is 0.289 e. The molecule has 2 unspecified atom stereocenters. The Morgan fingerprint density at radius 3 is 1.14 bits per heavy atom. The SMILES string of the molecule is C[n+]1ccn(C(c2ccccc2)C(c2ccccc2)C2C(C(=O)c3ccccc3)=C(C(=O)c3ccccc3)C(C(=O)c3ccccc3)=C2C(=O)c2ccccc2)c1. The monoisotopic (exact) mass is 743 g/mol. The van der Waals surface area contributed by atoms with E-state index in [1.165, 1.54) is 0 Å². The molecule has 1 aromatic heterocycles. The van der Waals surface area contributed by atoms with Crippen LogP contribution in [0.25, 0.3) is 0 Å². The van der Waals surface area contributed by atoms with Crippen molar-refractivity contribution in [2.45, 2.75) is 12.0 Å². The van der Waals surface area contributed by atoms with E-state index in [9.17, 15) is 0 Å². The Labute approximate surface area is 331 Å². The maximum Gasteiger partial charge on any atom is 0.244 e. The molecule has 0 amide bonds. The van der Waals surface area contributed by atoms with Gasteiger partial charge in [0.1, 0.15) is 18.4 Å². The normalized spacial score (nSPS) is 14.0. The molecule has 6 aromatic carbocycles. The zero-order valence-electron chi connectivity index (χ0n) is 31.3. The van der Waals surface area contributed by atoms with Crippen LogP contribution in [-0.4, -0.2) is 27.7 Å². The summed E-state index contributed by atoms with van der Waals surface area (Å²) in [6.45, 7) is 0. The number of benzene rings is 6. The van der Waals surface area contributed by atoms with Gasteiger partial charge in [-0.2, -0.15) is 0 Å². The van der Waals surface area contributed by atoms with E-state index in [1.807, 2.05) is 115 Å². The topological polar surface area (TPSA) is 77.1 Å². The van der Waals surface area contributed by atoms with E-state index >= 15 is 19.2 Å². The van der Waals surface area contributed by atoms with Crippen LogP contribution in [0.4, 0.5) is 0 Å². The van der Waals surface area contributed by atoms with Crippen molar-refractivity contribution in [1.29, 1.82) is 0 Å². The summed E-state index contributed by atoms with van der Waals surface area (Å²) < 4.78 is 4.02. The van der Waals surface area contributed by atoms with Crippen molar-refractivity contribution in [2.24, 2.45) is 13.0 Å². The number of aromatic nitrogens is 2. The van der Waals surface area contributed by atoms with Gasteiger partial charge in [0.05, 0.1) is 7.05 Å². The van der Waals surface area contributed by atoms with E-state index in [-0.39, 0.29) is 22.3 Å². The average molecular weight is 744 g/mol. The van der Waals surface area contributed by atoms with Gasteiger partial charge in [0.25, 0.3) is 0 Å². The number of aryl methyl sites for hydroxylation is 1. The van der Waals surface area contributed by atoms with Crippen molar-refractivity contribution < 1.29 is 23.7 Å². The summed E-state index contributed by atoms with van der Waals surface area (Å²) in [6.07, 6.45) is 5.89. The number of Topliss-reactive ketones (excluding diaryl/α,β-unsaturated/α-hetero) is 4. The van der Waals surface area contributed by atoms with E-state index < -0.39 is 41.0 Å². The van der Waals surface area contributed by atoms with E-state index in [2.05, 4.69) is 4.57 Å². The minimum absolute atomic E-state index is 0.0565. The summed E-state index contributed by atoms with van der Waals surface area (Å²) in [7, 11) is 1.94. The lowest BCUT2D eigenvalue weighted by Gasteiger charge is -2.33. The van der Waals surface area contributed by atoms with Crippen LogP contribution in [0.2, 0.25) is 0 Å². The highest BCUT2D eigenvalue weighted by Crippen LogP contribution is 2.53. The predicted octanol–water partition coefficient (Wildman–Crippen LogP) is 9.44. The summed E-state index contributed by atoms with van der Waals surface area (Å²) in [5.41, 5.74) is 3.12. The molecule has 57 heavy (non-hydrogen) atoms. The molecule has 0 saturated carbocycles. The molecule has 0 spiro atoms. The lowest BCUT2D eigenvalue weighted by atomic mass is 9.70. The third-order valence-corrected chi connectivity index (χ3v) is 10.6. The molecule has 2 atom stereocenters. The summed E-state index contributed by atoms with van der Waals surface area (Å²) in [5, 5.41) is 0. The van der Waals surface area contributed by atoms with Crippen LogP contribution in [0.5, 0.6) is 0 Å². The number of allylic oxidation sites excluding steroid dienone is 4. The molecule has 7 aromatic rings. The second kappa shape index (κ2) is 16.2. The summed E-state index contributed by atoms with van der Waals surface area (Å²) >= 11 is 0. The third kappa shape index (κ3) is 7.17. The number of imidazole rings is 1. The van der Waals surface area contributed by atoms with Crippen molar-refractivity contribution in [3.05, 3.63) is 256 Å². The van der Waals surface area contributed by atoms with Crippen LogP contribution in [0.3, 0.4) is 0 Å². The first-order chi connectivity index (χ1) is 27.9. The fraction of sp³-hybridized carbons (Fsp3) is 0.0784. The molecule has 0 aliphatic heterocycles. The van der Waals surface area contributed by atoms with Crippen molar-refractivity contribution in [3.63, 3.8) is 0 Å². The van der Waals surface area contributed by atoms with Gasteiger partial charge in [-0.25, -0.2) is 9.13 Å². The molecule has 0 fully saturated rings. The second-order valence-electron chi connectivity index (χ2n) is 14.2. The second-order valence-corrected chi connectivity index (χ2v) is 14.2. The van der Waals surface area contributed by atoms with Gasteiger partial charge in [0.15, 0.2) is 23.1 Å². The van der Waals surface area contributed by atoms with Crippen molar-refractivity contribution in [2.75, 3.05) is 0 Å². The Kier molecular flexibility index (Phi) is 10.4. The standard InChI is InChI=1S/C51H39N2O4/c1-52-32-33-53(34-52)47(36-22-10-3-11-23-36)41(35-20-8-2-9-21-35)42-43(48(54)37-24-12-4-13-25-37)45(50(56)39-28-16-6-17-29-39)46(51(57)40-30-18-7-19-31-40)44(42)49(55)38-26-14-5-15-27-38/h2-34,41-42,47H,1H3/q+1. The van der Waals surface area contributed by atoms with Crippen LogP contribution >= 0.6 is 0 Å². The molecular weight excluding hydrogens is 705 g/mol. The summed E-state index contributed by atoms with van der Waals surface area (Å²) in [6, 6.07) is 54.2. The number of ketones is 4. The fourth-order valence-electron chi connectivity index (χ4n) is 8.10. The zero-order chi connectivity index (χ0) is 39.3. The van der Waals surface area contributed by atoms with Crippen molar-refractivity contribution in [1.82, 2.24) is 4.57 Å². The first kappa shape index (κ1) is 36.7. The molecule has 6 heteroatoms. The first-order valence-corrected chi connectivity index (χ1v) is 18.9. The van der Waals surface area contributed by atoms with Gasteiger partial charge in [-0.3, -0.25) is 19.2 Å². The Morgan fingerprint density at radius 2 is 0.789 bits per heavy atom. The van der Waals surface area contributed by atoms with Gasteiger partial charge in [-0.1, -0.05) is 182 Å². The highest BCUT2D eigenvalue weighted by Gasteiger charge is 2.52. The molecule has 0 bridgehead atoms. The van der Waals surface area contributed by atoms with Gasteiger partial charge >= 0.3 is 0 Å². The molecule has 8 rings (SSSR count). The number of rotatable bonds is 13. The van der Waals surface area contributed by atoms with Gasteiger partial charge in [-0.05, 0) is 11.1 Å². The van der Waals surface area contributed by atoms with Crippen LogP contribution < -0.4 is 4.57 Å². The molecule has 1 heterocycles. The summed E-state index contributed by atoms with van der Waals surface area (Å²) in [5.74, 6) is -3.64. The van der Waals surface area contributed by atoms with E-state index in [0.29, 0.717) is 22.3 Å². The van der Waals surface area contributed by atoms with Crippen LogP contribution in [0, 0.1) is 5.92 Å². The number of hydrogen-bond acceptors (Lipinski definition) is 4. The molecule has 0 saturated heterocycles. The van der Waals surface area contributed by atoms with Crippen LogP contribution in [-0.2, 0) is 7.05 Å². The maximum absolute atomic E-state index is 15.6. The minimum atomic E-state index is -1.07. The number of hydrogen-bond donors (Lipinski definition) is 0. The molecular formula is C51H39N2O4+. The van der Waals surface area contributed by atoms with Crippen LogP contribution in [0.1, 0.15) is 64.5 Å². The Bertz CT molecular complexity index is 2510. The lowest BCUT2D eigenvalue weighted by molar-refractivity contribution is -0.671. The molecule has 1 aliphatic rings. The van der Waals surface area contributed by atoms with Gasteiger partial charge in [0, 0.05) is 56.4 Å². The van der Waals surface area contributed by atoms with Crippen LogP contribution in [0.15, 0.2) is 223 Å². The van der Waals surface area contributed by atoms with Gasteiger partial charge in [0.2, 0.25) is 6.33 Å². The molecule has 276 valence electrons. The predicted molar refractivity (Wildman–Crippen MR) is 220 cm³/mol.